The topological polar surface area (TPSA) is 55.8 Å². The predicted octanol–water partition coefficient (Wildman–Crippen LogP) is 2.25. The molecule has 20 heavy (non-hydrogen) atoms. The van der Waals surface area contributed by atoms with Crippen LogP contribution >= 0.6 is 0 Å². The van der Waals surface area contributed by atoms with Crippen LogP contribution in [0.15, 0.2) is 24.3 Å². The number of rotatable bonds is 7. The van der Waals surface area contributed by atoms with Gasteiger partial charge in [-0.1, -0.05) is 25.5 Å². The Morgan fingerprint density at radius 2 is 1.95 bits per heavy atom. The van der Waals surface area contributed by atoms with Crippen LogP contribution < -0.4 is 4.90 Å². The Labute approximate surface area is 119 Å². The minimum absolute atomic E-state index is 0.0950. The fourth-order valence-electron chi connectivity index (χ4n) is 1.74. The third-order valence-corrected chi connectivity index (χ3v) is 2.85. The lowest BCUT2D eigenvalue weighted by Crippen LogP contribution is -2.28. The molecule has 1 aromatic carbocycles. The van der Waals surface area contributed by atoms with Crippen LogP contribution in [-0.4, -0.2) is 39.2 Å². The van der Waals surface area contributed by atoms with Crippen LogP contribution in [-0.2, 0) is 14.3 Å². The second-order valence-electron chi connectivity index (χ2n) is 4.44. The summed E-state index contributed by atoms with van der Waals surface area (Å²) in [6, 6.07) is 7.00. The lowest BCUT2D eigenvalue weighted by molar-refractivity contribution is -0.142. The highest BCUT2D eigenvalue weighted by Gasteiger charge is 2.16. The number of ether oxygens (including phenoxy) is 2. The maximum Gasteiger partial charge on any atom is 0.339 e. The van der Waals surface area contributed by atoms with Crippen molar-refractivity contribution in [1.29, 1.82) is 0 Å². The molecule has 0 atom stereocenters. The van der Waals surface area contributed by atoms with Crippen molar-refractivity contribution in [3.8, 4) is 0 Å². The molecule has 110 valence electrons. The van der Waals surface area contributed by atoms with Crippen molar-refractivity contribution in [3.63, 3.8) is 0 Å². The van der Waals surface area contributed by atoms with Gasteiger partial charge in [0.05, 0.1) is 25.0 Å². The van der Waals surface area contributed by atoms with Gasteiger partial charge in [-0.25, -0.2) is 4.79 Å². The number of methoxy groups -OCH3 is 1. The first-order valence-electron chi connectivity index (χ1n) is 6.64. The lowest BCUT2D eigenvalue weighted by Gasteiger charge is -2.20. The van der Waals surface area contributed by atoms with Gasteiger partial charge in [-0.3, -0.25) is 4.79 Å². The fraction of sp³-hybridized carbons (Fsp3) is 0.467. The maximum atomic E-state index is 11.7. The Kier molecular flexibility index (Phi) is 6.56. The molecule has 0 aliphatic carbocycles. The Hall–Kier alpha value is -2.04. The molecule has 1 rings (SSSR count). The summed E-state index contributed by atoms with van der Waals surface area (Å²) in [4.78, 5) is 25.0. The smallest absolute Gasteiger partial charge is 0.339 e. The zero-order valence-electron chi connectivity index (χ0n) is 12.2. The maximum absolute atomic E-state index is 11.7. The van der Waals surface area contributed by atoms with E-state index in [0.29, 0.717) is 17.9 Å². The van der Waals surface area contributed by atoms with Gasteiger partial charge >= 0.3 is 11.9 Å². The normalized spacial score (nSPS) is 9.95. The third kappa shape index (κ3) is 4.57. The van der Waals surface area contributed by atoms with E-state index in [1.807, 2.05) is 6.92 Å². The molecule has 0 unspecified atom stereocenters. The van der Waals surface area contributed by atoms with Crippen molar-refractivity contribution >= 4 is 17.6 Å². The minimum atomic E-state index is -0.424. The highest BCUT2D eigenvalue weighted by atomic mass is 16.5. The molecule has 0 aliphatic rings. The molecule has 1 aromatic rings. The monoisotopic (exact) mass is 279 g/mol. The van der Waals surface area contributed by atoms with Crippen molar-refractivity contribution in [1.82, 2.24) is 0 Å². The number of unbranched alkanes of at least 4 members (excludes halogenated alkanes) is 1. The summed E-state index contributed by atoms with van der Waals surface area (Å²) in [5, 5.41) is 0. The van der Waals surface area contributed by atoms with Gasteiger partial charge < -0.3 is 14.4 Å². The van der Waals surface area contributed by atoms with E-state index in [2.05, 4.69) is 0 Å². The number of carbonyl (C=O) groups excluding carboxylic acids is 2. The van der Waals surface area contributed by atoms with E-state index < -0.39 is 5.97 Å². The highest BCUT2D eigenvalue weighted by molar-refractivity contribution is 5.96. The van der Waals surface area contributed by atoms with Crippen LogP contribution in [0.4, 0.5) is 5.69 Å². The van der Waals surface area contributed by atoms with Crippen LogP contribution in [0, 0.1) is 0 Å². The molecule has 0 N–H and O–H groups in total. The summed E-state index contributed by atoms with van der Waals surface area (Å²) in [6.45, 7) is 2.56. The van der Waals surface area contributed by atoms with Gasteiger partial charge in [0.2, 0.25) is 0 Å². The minimum Gasteiger partial charge on any atom is -0.465 e. The van der Waals surface area contributed by atoms with E-state index >= 15 is 0 Å². The van der Waals surface area contributed by atoms with E-state index in [0.717, 1.165) is 12.8 Å². The number of carbonyl (C=O) groups is 2. The van der Waals surface area contributed by atoms with Crippen LogP contribution in [0.2, 0.25) is 0 Å². The average Bonchev–Trinajstić information content (AvgIpc) is 2.46. The van der Waals surface area contributed by atoms with Gasteiger partial charge in [-0.2, -0.15) is 0 Å². The molecule has 0 saturated carbocycles. The molecule has 0 heterocycles. The lowest BCUT2D eigenvalue weighted by atomic mass is 10.1. The number of nitrogens with zero attached hydrogens (tertiary/aromatic N) is 1. The molecule has 0 radical (unpaired) electrons. The molecule has 0 fully saturated rings. The summed E-state index contributed by atoms with van der Waals surface area (Å²) in [6.07, 6.45) is 1.84. The zero-order valence-corrected chi connectivity index (χ0v) is 12.2. The number of hydrogen-bond acceptors (Lipinski definition) is 5. The Bertz CT molecular complexity index is 459. The van der Waals surface area contributed by atoms with Gasteiger partial charge in [0.15, 0.2) is 0 Å². The first kappa shape index (κ1) is 16.0. The Morgan fingerprint density at radius 3 is 2.60 bits per heavy atom. The van der Waals surface area contributed by atoms with Crippen LogP contribution in [0.25, 0.3) is 0 Å². The van der Waals surface area contributed by atoms with E-state index in [9.17, 15) is 9.59 Å². The number of anilines is 1. The van der Waals surface area contributed by atoms with Gasteiger partial charge in [-0.15, -0.1) is 0 Å². The van der Waals surface area contributed by atoms with E-state index in [4.69, 9.17) is 9.47 Å². The molecule has 5 nitrogen and oxygen atoms in total. The highest BCUT2D eigenvalue weighted by Crippen LogP contribution is 2.19. The van der Waals surface area contributed by atoms with Gasteiger partial charge in [0.1, 0.15) is 6.54 Å². The number of benzene rings is 1. The van der Waals surface area contributed by atoms with Crippen molar-refractivity contribution < 1.29 is 19.1 Å². The van der Waals surface area contributed by atoms with E-state index in [1.165, 1.54) is 7.11 Å². The molecule has 0 spiro atoms. The van der Waals surface area contributed by atoms with Gasteiger partial charge in [0.25, 0.3) is 0 Å². The molecule has 5 heteroatoms. The molecule has 0 bridgehead atoms. The van der Waals surface area contributed by atoms with E-state index in [1.54, 1.807) is 36.2 Å². The standard InChI is InChI=1S/C15H21NO4/c1-4-5-10-20-14(17)11-16(2)13-9-7-6-8-12(13)15(18)19-3/h6-9H,4-5,10-11H2,1-3H3. The number of para-hydroxylation sites is 1. The Morgan fingerprint density at radius 1 is 1.25 bits per heavy atom. The summed E-state index contributed by atoms with van der Waals surface area (Å²) >= 11 is 0. The average molecular weight is 279 g/mol. The quantitative estimate of drug-likeness (QED) is 0.566. The summed E-state index contributed by atoms with van der Waals surface area (Å²) in [5.41, 5.74) is 1.07. The fourth-order valence-corrected chi connectivity index (χ4v) is 1.74. The summed E-state index contributed by atoms with van der Waals surface area (Å²) in [7, 11) is 3.07. The van der Waals surface area contributed by atoms with Crippen LogP contribution in [0.5, 0.6) is 0 Å². The number of esters is 2. The SMILES string of the molecule is CCCCOC(=O)CN(C)c1ccccc1C(=O)OC. The Balaban J connectivity index is 2.70. The van der Waals surface area contributed by atoms with E-state index in [-0.39, 0.29) is 12.5 Å². The second-order valence-corrected chi connectivity index (χ2v) is 4.44. The molecule has 0 amide bonds. The zero-order chi connectivity index (χ0) is 15.0. The van der Waals surface area contributed by atoms with Gasteiger partial charge in [0, 0.05) is 7.05 Å². The largest absolute Gasteiger partial charge is 0.465 e. The van der Waals surface area contributed by atoms with Crippen molar-refractivity contribution in [3.05, 3.63) is 29.8 Å². The van der Waals surface area contributed by atoms with Crippen molar-refractivity contribution in [2.24, 2.45) is 0 Å². The van der Waals surface area contributed by atoms with Gasteiger partial charge in [-0.05, 0) is 18.6 Å². The molecule has 0 aromatic heterocycles. The number of likely N-dealkylation sites (N-methyl/N-ethyl adjacent to an activating group) is 1. The van der Waals surface area contributed by atoms with Crippen LogP contribution in [0.1, 0.15) is 30.1 Å². The molecule has 0 saturated heterocycles. The second kappa shape index (κ2) is 8.19. The summed E-state index contributed by atoms with van der Waals surface area (Å²) in [5.74, 6) is -0.729. The predicted molar refractivity (Wildman–Crippen MR) is 76.9 cm³/mol. The number of hydrogen-bond donors (Lipinski definition) is 0. The molecule has 0 aliphatic heterocycles. The van der Waals surface area contributed by atoms with Crippen molar-refractivity contribution in [2.45, 2.75) is 19.8 Å². The summed E-state index contributed by atoms with van der Waals surface area (Å²) < 4.78 is 9.83. The van der Waals surface area contributed by atoms with Crippen molar-refractivity contribution in [2.75, 3.05) is 32.2 Å². The molecular weight excluding hydrogens is 258 g/mol. The first-order chi connectivity index (χ1) is 9.60. The molecular formula is C15H21NO4. The third-order valence-electron chi connectivity index (χ3n) is 2.85. The first-order valence-corrected chi connectivity index (χ1v) is 6.64. The van der Waals surface area contributed by atoms with Crippen LogP contribution in [0.3, 0.4) is 0 Å².